The van der Waals surface area contributed by atoms with E-state index in [9.17, 15) is 20.3 Å². The maximum Gasteiger partial charge on any atom is 0.488 e. The first-order valence-corrected chi connectivity index (χ1v) is 57.1. The van der Waals surface area contributed by atoms with Gasteiger partial charge in [0.15, 0.2) is 0 Å². The molecule has 9 saturated carbocycles. The summed E-state index contributed by atoms with van der Waals surface area (Å²) in [4.78, 5) is 0. The van der Waals surface area contributed by atoms with E-state index in [4.69, 9.17) is 10.0 Å². The maximum absolute atomic E-state index is 9.46. The second kappa shape index (κ2) is 61.9. The minimum atomic E-state index is -1.35. The van der Waals surface area contributed by atoms with Crippen LogP contribution in [0.4, 0.5) is 0 Å². The van der Waals surface area contributed by atoms with Gasteiger partial charge in [-0.15, -0.1) is 0 Å². The molecule has 6 aromatic carbocycles. The number of unbranched alkanes of at least 4 members (excludes halogenated alkanes) is 12. The number of phenolic OH excluding ortho intramolecular Hbond substituents is 2. The number of aromatic hydroxyl groups is 2. The Morgan fingerprint density at radius 2 is 0.346 bits per heavy atom. The fraction of sp³-hybridized carbons (Fsp3) is 0.700. The van der Waals surface area contributed by atoms with Crippen LogP contribution < -0.4 is 10.9 Å². The number of rotatable bonds is 35. The molecule has 0 heterocycles. The molecule has 6 N–H and O–H groups in total. The number of halogens is 2. The Labute approximate surface area is 814 Å². The first-order chi connectivity index (χ1) is 63.5. The van der Waals surface area contributed by atoms with Crippen molar-refractivity contribution in [2.45, 2.75) is 462 Å². The molecule has 10 heteroatoms. The molecular weight excluding hydrogens is 1720 g/mol. The second-order valence-electron chi connectivity index (χ2n) is 43.7. The molecule has 0 aromatic heterocycles. The van der Waals surface area contributed by atoms with Crippen LogP contribution >= 0.6 is 31.9 Å². The van der Waals surface area contributed by atoms with E-state index in [2.05, 4.69) is 170 Å². The molecule has 15 rings (SSSR count). The van der Waals surface area contributed by atoms with Gasteiger partial charge in [0.1, 0.15) is 11.5 Å². The Hall–Kier alpha value is -4.15. The molecule has 0 spiro atoms. The monoisotopic (exact) mass is 1900 g/mol. The molecule has 0 radical (unpaired) electrons. The van der Waals surface area contributed by atoms with Gasteiger partial charge in [0.25, 0.3) is 0 Å². The van der Waals surface area contributed by atoms with E-state index < -0.39 is 14.2 Å². The van der Waals surface area contributed by atoms with Gasteiger partial charge >= 0.3 is 14.2 Å². The Balaban J connectivity index is 0.000000163. The van der Waals surface area contributed by atoms with Crippen LogP contribution in [0.5, 0.6) is 11.5 Å². The first-order valence-electron chi connectivity index (χ1n) is 55.5. The van der Waals surface area contributed by atoms with E-state index in [1.165, 1.54) is 416 Å². The third-order valence-electron chi connectivity index (χ3n) is 34.6. The number of phenols is 2. The lowest BCUT2D eigenvalue weighted by atomic mass is 9.67. The van der Waals surface area contributed by atoms with Crippen LogP contribution in [-0.2, 0) is 0 Å². The van der Waals surface area contributed by atoms with Gasteiger partial charge in [-0.25, -0.2) is 0 Å². The molecule has 9 aliphatic carbocycles. The van der Waals surface area contributed by atoms with E-state index in [0.717, 1.165) is 94.7 Å². The van der Waals surface area contributed by atoms with Crippen molar-refractivity contribution in [1.29, 1.82) is 0 Å². The third kappa shape index (κ3) is 38.7. The van der Waals surface area contributed by atoms with Gasteiger partial charge in [-0.05, 0) is 392 Å². The molecule has 9 aliphatic rings. The van der Waals surface area contributed by atoms with Gasteiger partial charge in [-0.2, -0.15) is 0 Å². The van der Waals surface area contributed by atoms with Crippen molar-refractivity contribution >= 4 is 57.0 Å². The molecule has 0 unspecified atom stereocenters. The van der Waals surface area contributed by atoms with Gasteiger partial charge in [0, 0.05) is 8.95 Å². The normalized spacial score (nSPS) is 27.5. The van der Waals surface area contributed by atoms with Crippen molar-refractivity contribution in [1.82, 2.24) is 0 Å². The Bertz CT molecular complexity index is 3620. The standard InChI is InChI=1S/C23H37BO2.C23H35Br.C23H36O.C17H27BO2.C17H25Br.C17H26O/c1-2-3-4-5-18-6-8-19(9-7-18)20-10-12-21(13-11-20)22-14-16-23(17-15-22)24(25)26;2*1-2-3-4-5-18-6-8-19(9-7-18)20-10-12-21(13-11-20)22-14-16-23(24)17-15-22;1-2-3-4-5-14-6-8-15(9-7-14)16-10-12-17(13-11-16)18(19)20;2*1-2-3-4-5-14-6-8-15(9-7-14)16-10-12-17(18)13-11-16/h14-21,25-26H,2-13H2,1H3;14-21H,2-13H2,1H3;14-21,24H,2-13H2,1H3;10-15,19-20H,2-9H2,1H3;10-15H,2-9H2,1H3;10-15,18H,2-9H2,1H3. The number of hydrogen-bond donors (Lipinski definition) is 6. The fourth-order valence-electron chi connectivity index (χ4n) is 25.9. The molecule has 6 nitrogen and oxygen atoms in total. The van der Waals surface area contributed by atoms with E-state index >= 15 is 0 Å². The van der Waals surface area contributed by atoms with Crippen LogP contribution in [-0.4, -0.2) is 44.5 Å². The lowest BCUT2D eigenvalue weighted by Crippen LogP contribution is -2.29. The summed E-state index contributed by atoms with van der Waals surface area (Å²) in [7, 11) is -2.70. The smallest absolute Gasteiger partial charge is 0.488 e. The number of benzene rings is 6. The zero-order chi connectivity index (χ0) is 91.9. The van der Waals surface area contributed by atoms with Crippen LogP contribution in [0.2, 0.25) is 0 Å². The first kappa shape index (κ1) is 108. The minimum absolute atomic E-state index is 0.381. The van der Waals surface area contributed by atoms with Crippen LogP contribution in [0.1, 0.15) is 496 Å². The van der Waals surface area contributed by atoms with Crippen molar-refractivity contribution in [3.8, 4) is 11.5 Å². The molecule has 0 saturated heterocycles. The molecule has 0 amide bonds. The fourth-order valence-corrected chi connectivity index (χ4v) is 26.4. The minimum Gasteiger partial charge on any atom is -0.508 e. The average molecular weight is 1910 g/mol. The highest BCUT2D eigenvalue weighted by atomic mass is 79.9. The molecular formula is C120H186B2Br2O6. The maximum atomic E-state index is 9.46. The summed E-state index contributed by atoms with van der Waals surface area (Å²) in [6.07, 6.45) is 85.3. The topological polar surface area (TPSA) is 121 Å². The summed E-state index contributed by atoms with van der Waals surface area (Å²) in [6.45, 7) is 13.8. The van der Waals surface area contributed by atoms with Crippen molar-refractivity contribution < 1.29 is 30.3 Å². The van der Waals surface area contributed by atoms with Crippen LogP contribution in [0, 0.1) is 71.0 Å². The zero-order valence-electron chi connectivity index (χ0n) is 83.3. The predicted molar refractivity (Wildman–Crippen MR) is 566 cm³/mol. The highest BCUT2D eigenvalue weighted by Gasteiger charge is 2.36. The van der Waals surface area contributed by atoms with Crippen molar-refractivity contribution in [2.24, 2.45) is 71.0 Å². The molecule has 9 fully saturated rings. The van der Waals surface area contributed by atoms with Crippen molar-refractivity contribution in [2.75, 3.05) is 0 Å². The van der Waals surface area contributed by atoms with Gasteiger partial charge in [0.2, 0.25) is 0 Å². The van der Waals surface area contributed by atoms with E-state index in [1.807, 2.05) is 48.5 Å². The molecule has 130 heavy (non-hydrogen) atoms. The molecule has 0 aliphatic heterocycles. The SMILES string of the molecule is CCCCCC1CCC(C2CCC(c3ccc(B(O)O)cc3)CC2)CC1.CCCCCC1CCC(C2CCC(c3ccc(Br)cc3)CC2)CC1.CCCCCC1CCC(C2CCC(c3ccc(O)cc3)CC2)CC1.CCCCCC1CCC(c2ccc(B(O)O)cc2)CC1.CCCCCC1CCC(c2ccc(Br)cc2)CC1.CCCCCC1CCC(c2ccc(O)cc2)CC1. The quantitative estimate of drug-likeness (QED) is 0.0174. The third-order valence-corrected chi connectivity index (χ3v) is 35.7. The summed E-state index contributed by atoms with van der Waals surface area (Å²) in [5.41, 5.74) is 9.89. The largest absolute Gasteiger partial charge is 0.508 e. The Morgan fingerprint density at radius 1 is 0.200 bits per heavy atom. The van der Waals surface area contributed by atoms with Gasteiger partial charge in [-0.3, -0.25) is 0 Å². The number of hydrogen-bond acceptors (Lipinski definition) is 6. The van der Waals surface area contributed by atoms with E-state index in [1.54, 1.807) is 11.1 Å². The summed E-state index contributed by atoms with van der Waals surface area (Å²) < 4.78 is 2.40. The summed E-state index contributed by atoms with van der Waals surface area (Å²) in [5.74, 6) is 17.3. The molecule has 0 atom stereocenters. The summed E-state index contributed by atoms with van der Waals surface area (Å²) in [5, 5.41) is 55.5. The van der Waals surface area contributed by atoms with E-state index in [-0.39, 0.29) is 0 Å². The zero-order valence-corrected chi connectivity index (χ0v) is 86.4. The Kier molecular flexibility index (Phi) is 51.4. The van der Waals surface area contributed by atoms with Crippen LogP contribution in [0.15, 0.2) is 155 Å². The van der Waals surface area contributed by atoms with Gasteiger partial charge in [-0.1, -0.05) is 363 Å². The van der Waals surface area contributed by atoms with Crippen molar-refractivity contribution in [3.63, 3.8) is 0 Å². The lowest BCUT2D eigenvalue weighted by Gasteiger charge is -2.38. The summed E-state index contributed by atoms with van der Waals surface area (Å²) in [6, 6.07) is 49.6. The second-order valence-corrected chi connectivity index (χ2v) is 45.5. The highest BCUT2D eigenvalue weighted by Crippen LogP contribution is 2.50. The lowest BCUT2D eigenvalue weighted by molar-refractivity contribution is 0.155. The average Bonchev–Trinajstić information content (AvgIpc) is 0.837. The van der Waals surface area contributed by atoms with Gasteiger partial charge in [0.05, 0.1) is 0 Å². The van der Waals surface area contributed by atoms with Crippen LogP contribution in [0.3, 0.4) is 0 Å². The predicted octanol–water partition coefficient (Wildman–Crippen LogP) is 35.0. The molecule has 6 aromatic rings. The van der Waals surface area contributed by atoms with Crippen molar-refractivity contribution in [3.05, 3.63) is 188 Å². The van der Waals surface area contributed by atoms with Crippen LogP contribution in [0.25, 0.3) is 0 Å². The molecule has 722 valence electrons. The van der Waals surface area contributed by atoms with E-state index in [0.29, 0.717) is 34.3 Å². The highest BCUT2D eigenvalue weighted by molar-refractivity contribution is 9.10. The summed E-state index contributed by atoms with van der Waals surface area (Å²) >= 11 is 7.07. The molecule has 0 bridgehead atoms. The Morgan fingerprint density at radius 3 is 0.515 bits per heavy atom. The van der Waals surface area contributed by atoms with Gasteiger partial charge < -0.3 is 30.3 Å².